The second-order valence-corrected chi connectivity index (χ2v) is 5.15. The fraction of sp³-hybridized carbons (Fsp3) is 0.333. The number of benzene rings is 2. The summed E-state index contributed by atoms with van der Waals surface area (Å²) in [4.78, 5) is 0. The van der Waals surface area contributed by atoms with E-state index in [9.17, 15) is 0 Å². The zero-order valence-corrected chi connectivity index (χ0v) is 11.6. The first-order valence-electron chi connectivity index (χ1n) is 7.32. The van der Waals surface area contributed by atoms with Crippen molar-refractivity contribution in [1.82, 2.24) is 0 Å². The lowest BCUT2D eigenvalue weighted by molar-refractivity contribution is -0.129. The smallest absolute Gasteiger partial charge is 0.198 e. The van der Waals surface area contributed by atoms with E-state index in [1.807, 2.05) is 0 Å². The average Bonchev–Trinajstić information content (AvgIpc) is 2.53. The van der Waals surface area contributed by atoms with Crippen LogP contribution in [0.4, 0.5) is 0 Å². The molecule has 1 saturated heterocycles. The zero-order valence-electron chi connectivity index (χ0n) is 11.6. The zero-order chi connectivity index (χ0) is 13.6. The predicted octanol–water partition coefficient (Wildman–Crippen LogP) is 4.44. The van der Waals surface area contributed by atoms with Crippen molar-refractivity contribution in [3.05, 3.63) is 60.4 Å². The summed E-state index contributed by atoms with van der Waals surface area (Å²) in [5.74, 6) is 0. The lowest BCUT2D eigenvalue weighted by Gasteiger charge is -2.21. The highest BCUT2D eigenvalue weighted by molar-refractivity contribution is 5.85. The molecule has 1 aliphatic rings. The molecule has 1 atom stereocenters. The number of hydrogen-bond donors (Lipinski definition) is 0. The molecular formula is C18H20O2. The van der Waals surface area contributed by atoms with Crippen LogP contribution in [0, 0.1) is 0 Å². The molecule has 1 aliphatic heterocycles. The van der Waals surface area contributed by atoms with E-state index in [-0.39, 0.29) is 6.29 Å². The molecule has 2 aromatic carbocycles. The van der Waals surface area contributed by atoms with Gasteiger partial charge in [-0.15, -0.1) is 0 Å². The molecule has 0 amide bonds. The highest BCUT2D eigenvalue weighted by Crippen LogP contribution is 2.19. The van der Waals surface area contributed by atoms with E-state index < -0.39 is 0 Å². The van der Waals surface area contributed by atoms with Crippen molar-refractivity contribution in [3.8, 4) is 0 Å². The maximum atomic E-state index is 5.61. The lowest BCUT2D eigenvalue weighted by Crippen LogP contribution is -2.19. The molecule has 2 nitrogen and oxygen atoms in total. The van der Waals surface area contributed by atoms with Crippen LogP contribution in [0.1, 0.15) is 24.8 Å². The van der Waals surface area contributed by atoms with Gasteiger partial charge in [0.05, 0.1) is 12.9 Å². The first-order valence-corrected chi connectivity index (χ1v) is 7.32. The molecule has 0 aliphatic carbocycles. The van der Waals surface area contributed by atoms with Gasteiger partial charge in [-0.05, 0) is 41.7 Å². The highest BCUT2D eigenvalue weighted by atomic mass is 16.7. The summed E-state index contributed by atoms with van der Waals surface area (Å²) in [5, 5.41) is 2.60. The number of allylic oxidation sites excluding steroid dienone is 1. The van der Waals surface area contributed by atoms with Crippen LogP contribution in [-0.2, 0) is 15.9 Å². The van der Waals surface area contributed by atoms with Gasteiger partial charge in [-0.2, -0.15) is 0 Å². The molecule has 0 bridgehead atoms. The summed E-state index contributed by atoms with van der Waals surface area (Å²) in [6.07, 6.45) is 8.04. The van der Waals surface area contributed by atoms with Gasteiger partial charge in [0.15, 0.2) is 6.29 Å². The van der Waals surface area contributed by atoms with E-state index in [4.69, 9.17) is 9.47 Å². The first-order chi connectivity index (χ1) is 9.93. The van der Waals surface area contributed by atoms with Gasteiger partial charge in [0.25, 0.3) is 0 Å². The van der Waals surface area contributed by atoms with Crippen molar-refractivity contribution in [3.63, 3.8) is 0 Å². The molecule has 20 heavy (non-hydrogen) atoms. The molecule has 0 saturated carbocycles. The minimum absolute atomic E-state index is 0.0486. The summed E-state index contributed by atoms with van der Waals surface area (Å²) in [6.45, 7) is 0.821. The molecular weight excluding hydrogens is 248 g/mol. The fourth-order valence-corrected chi connectivity index (χ4v) is 2.61. The van der Waals surface area contributed by atoms with Gasteiger partial charge < -0.3 is 9.47 Å². The summed E-state index contributed by atoms with van der Waals surface area (Å²) >= 11 is 0. The highest BCUT2D eigenvalue weighted by Gasteiger charge is 2.12. The number of hydrogen-bond acceptors (Lipinski definition) is 2. The molecule has 1 fully saturated rings. The largest absolute Gasteiger partial charge is 0.473 e. The Bertz CT molecular complexity index is 577. The van der Waals surface area contributed by atoms with E-state index in [0.717, 1.165) is 25.9 Å². The van der Waals surface area contributed by atoms with Gasteiger partial charge >= 0.3 is 0 Å². The van der Waals surface area contributed by atoms with Crippen molar-refractivity contribution >= 4 is 10.8 Å². The molecule has 1 unspecified atom stereocenters. The minimum Gasteiger partial charge on any atom is -0.473 e. The fourth-order valence-electron chi connectivity index (χ4n) is 2.61. The molecule has 2 aromatic rings. The quantitative estimate of drug-likeness (QED) is 0.763. The van der Waals surface area contributed by atoms with E-state index in [0.29, 0.717) is 0 Å². The topological polar surface area (TPSA) is 18.5 Å². The molecule has 104 valence electrons. The molecule has 1 heterocycles. The number of fused-ring (bicyclic) bond motifs is 1. The van der Waals surface area contributed by atoms with Crippen molar-refractivity contribution in [1.29, 1.82) is 0 Å². The monoisotopic (exact) mass is 268 g/mol. The summed E-state index contributed by atoms with van der Waals surface area (Å²) in [6, 6.07) is 14.9. The van der Waals surface area contributed by atoms with Gasteiger partial charge in [-0.1, -0.05) is 42.5 Å². The Kier molecular flexibility index (Phi) is 4.34. The molecule has 0 spiro atoms. The Balaban J connectivity index is 1.61. The normalized spacial score (nSPS) is 19.5. The Morgan fingerprint density at radius 3 is 2.90 bits per heavy atom. The third-order valence-corrected chi connectivity index (χ3v) is 3.68. The molecule has 2 heteroatoms. The summed E-state index contributed by atoms with van der Waals surface area (Å²) < 4.78 is 11.1. The minimum atomic E-state index is -0.0486. The number of rotatable bonds is 4. The van der Waals surface area contributed by atoms with Gasteiger partial charge in [0, 0.05) is 6.42 Å². The van der Waals surface area contributed by atoms with Gasteiger partial charge in [-0.25, -0.2) is 0 Å². The Hall–Kier alpha value is -1.80. The van der Waals surface area contributed by atoms with E-state index in [2.05, 4.69) is 48.5 Å². The second kappa shape index (κ2) is 6.58. The Labute approximate surface area is 120 Å². The average molecular weight is 268 g/mol. The third kappa shape index (κ3) is 3.20. The van der Waals surface area contributed by atoms with Crippen LogP contribution in [0.15, 0.2) is 54.8 Å². The SMILES string of the molecule is C(=C/OC1CCCCO1)/Cc1cccc2ccccc12. The summed E-state index contributed by atoms with van der Waals surface area (Å²) in [7, 11) is 0. The first kappa shape index (κ1) is 13.2. The van der Waals surface area contributed by atoms with Crippen LogP contribution in [-0.4, -0.2) is 12.9 Å². The number of ether oxygens (including phenoxy) is 2. The van der Waals surface area contributed by atoms with Gasteiger partial charge in [-0.3, -0.25) is 0 Å². The van der Waals surface area contributed by atoms with Crippen LogP contribution >= 0.6 is 0 Å². The van der Waals surface area contributed by atoms with E-state index >= 15 is 0 Å². The van der Waals surface area contributed by atoms with Crippen molar-refractivity contribution in [2.24, 2.45) is 0 Å². The van der Waals surface area contributed by atoms with Crippen LogP contribution in [0.3, 0.4) is 0 Å². The molecule has 3 rings (SSSR count). The second-order valence-electron chi connectivity index (χ2n) is 5.15. The predicted molar refractivity (Wildman–Crippen MR) is 81.5 cm³/mol. The van der Waals surface area contributed by atoms with Crippen molar-refractivity contribution in [2.45, 2.75) is 32.0 Å². The van der Waals surface area contributed by atoms with Crippen LogP contribution in [0.2, 0.25) is 0 Å². The standard InChI is InChI=1S/C18H20O2/c1-2-11-17-15(7-1)8-5-9-16(17)10-6-14-20-18-12-3-4-13-19-18/h1-2,5-9,11,14,18H,3-4,10,12-13H2/b14-6-. The Morgan fingerprint density at radius 2 is 2.00 bits per heavy atom. The molecule has 0 N–H and O–H groups in total. The summed E-state index contributed by atoms with van der Waals surface area (Å²) in [5.41, 5.74) is 1.33. The van der Waals surface area contributed by atoms with E-state index in [1.165, 1.54) is 22.8 Å². The maximum Gasteiger partial charge on any atom is 0.198 e. The van der Waals surface area contributed by atoms with Crippen LogP contribution in [0.5, 0.6) is 0 Å². The Morgan fingerprint density at radius 1 is 1.10 bits per heavy atom. The molecule has 0 radical (unpaired) electrons. The third-order valence-electron chi connectivity index (χ3n) is 3.68. The van der Waals surface area contributed by atoms with Gasteiger partial charge in [0.1, 0.15) is 0 Å². The van der Waals surface area contributed by atoms with Crippen molar-refractivity contribution in [2.75, 3.05) is 6.61 Å². The van der Waals surface area contributed by atoms with Crippen molar-refractivity contribution < 1.29 is 9.47 Å². The maximum absolute atomic E-state index is 5.61. The van der Waals surface area contributed by atoms with Crippen LogP contribution < -0.4 is 0 Å². The van der Waals surface area contributed by atoms with Crippen LogP contribution in [0.25, 0.3) is 10.8 Å². The molecule has 0 aromatic heterocycles. The van der Waals surface area contributed by atoms with E-state index in [1.54, 1.807) is 6.26 Å². The van der Waals surface area contributed by atoms with Gasteiger partial charge in [0.2, 0.25) is 0 Å². The lowest BCUT2D eigenvalue weighted by atomic mass is 10.0.